The number of rotatable bonds is 7. The molecule has 0 aromatic heterocycles. The van der Waals surface area contributed by atoms with Gasteiger partial charge in [-0.15, -0.1) is 0 Å². The third-order valence-electron chi connectivity index (χ3n) is 3.48. The summed E-state index contributed by atoms with van der Waals surface area (Å²) in [6, 6.07) is 6.18. The lowest BCUT2D eigenvalue weighted by Gasteiger charge is -2.30. The zero-order valence-corrected chi connectivity index (χ0v) is 13.6. The Balaban J connectivity index is 2.62. The number of benzene rings is 1. The predicted molar refractivity (Wildman–Crippen MR) is 87.7 cm³/mol. The summed E-state index contributed by atoms with van der Waals surface area (Å²) in [4.78, 5) is 13.8. The standard InChI is InChI=1S/C16H27N3O2/c1-11(2)19(12(3)4)9-8-18-15-7-6-13(10-14(15)17)16(20)21-5/h6-7,10-12,18H,8-9,17H2,1-5H3. The highest BCUT2D eigenvalue weighted by atomic mass is 16.5. The second-order valence-corrected chi connectivity index (χ2v) is 5.65. The first-order valence-corrected chi connectivity index (χ1v) is 7.34. The topological polar surface area (TPSA) is 67.6 Å². The molecule has 5 nitrogen and oxygen atoms in total. The van der Waals surface area contributed by atoms with Gasteiger partial charge in [0, 0.05) is 25.2 Å². The number of nitrogens with one attached hydrogen (secondary N) is 1. The smallest absolute Gasteiger partial charge is 0.337 e. The lowest BCUT2D eigenvalue weighted by Crippen LogP contribution is -2.40. The Kier molecular flexibility index (Phi) is 6.49. The van der Waals surface area contributed by atoms with E-state index in [4.69, 9.17) is 5.73 Å². The van der Waals surface area contributed by atoms with Crippen molar-refractivity contribution in [2.75, 3.05) is 31.2 Å². The number of anilines is 2. The van der Waals surface area contributed by atoms with Crippen LogP contribution in [0.3, 0.4) is 0 Å². The maximum atomic E-state index is 11.4. The number of esters is 1. The van der Waals surface area contributed by atoms with E-state index >= 15 is 0 Å². The Morgan fingerprint density at radius 2 is 1.90 bits per heavy atom. The van der Waals surface area contributed by atoms with E-state index in [1.807, 2.05) is 6.07 Å². The third-order valence-corrected chi connectivity index (χ3v) is 3.48. The van der Waals surface area contributed by atoms with E-state index in [9.17, 15) is 4.79 Å². The molecule has 0 bridgehead atoms. The van der Waals surface area contributed by atoms with Crippen LogP contribution in [0, 0.1) is 0 Å². The predicted octanol–water partition coefficient (Wildman–Crippen LogP) is 2.59. The number of carbonyl (C=O) groups excluding carboxylic acids is 1. The molecule has 0 atom stereocenters. The minimum absolute atomic E-state index is 0.376. The van der Waals surface area contributed by atoms with Gasteiger partial charge in [-0.25, -0.2) is 4.79 Å². The lowest BCUT2D eigenvalue weighted by molar-refractivity contribution is 0.0601. The van der Waals surface area contributed by atoms with Crippen LogP contribution >= 0.6 is 0 Å². The Bertz CT molecular complexity index is 465. The molecule has 21 heavy (non-hydrogen) atoms. The molecule has 0 saturated heterocycles. The second-order valence-electron chi connectivity index (χ2n) is 5.65. The molecule has 3 N–H and O–H groups in total. The van der Waals surface area contributed by atoms with E-state index in [2.05, 4.69) is 42.6 Å². The first kappa shape index (κ1) is 17.3. The van der Waals surface area contributed by atoms with E-state index in [1.54, 1.807) is 12.1 Å². The average Bonchev–Trinajstić information content (AvgIpc) is 2.43. The van der Waals surface area contributed by atoms with Crippen molar-refractivity contribution in [2.45, 2.75) is 39.8 Å². The molecule has 118 valence electrons. The van der Waals surface area contributed by atoms with E-state index in [1.165, 1.54) is 7.11 Å². The maximum Gasteiger partial charge on any atom is 0.337 e. The van der Waals surface area contributed by atoms with Gasteiger partial charge in [0.1, 0.15) is 0 Å². The van der Waals surface area contributed by atoms with Crippen molar-refractivity contribution in [3.05, 3.63) is 23.8 Å². The summed E-state index contributed by atoms with van der Waals surface area (Å²) in [5.41, 5.74) is 7.83. The van der Waals surface area contributed by atoms with E-state index < -0.39 is 0 Å². The number of methoxy groups -OCH3 is 1. The van der Waals surface area contributed by atoms with E-state index in [0.717, 1.165) is 18.8 Å². The average molecular weight is 293 g/mol. The van der Waals surface area contributed by atoms with Gasteiger partial charge in [0.25, 0.3) is 0 Å². The highest BCUT2D eigenvalue weighted by Crippen LogP contribution is 2.20. The van der Waals surface area contributed by atoms with E-state index in [0.29, 0.717) is 23.3 Å². The largest absolute Gasteiger partial charge is 0.465 e. The first-order valence-electron chi connectivity index (χ1n) is 7.34. The number of hydrogen-bond acceptors (Lipinski definition) is 5. The van der Waals surface area contributed by atoms with Gasteiger partial charge in [0.2, 0.25) is 0 Å². The van der Waals surface area contributed by atoms with Gasteiger partial charge < -0.3 is 15.8 Å². The van der Waals surface area contributed by atoms with Crippen LogP contribution in [0.4, 0.5) is 11.4 Å². The number of ether oxygens (including phenoxy) is 1. The van der Waals surface area contributed by atoms with Crippen LogP contribution in [0.2, 0.25) is 0 Å². The fraction of sp³-hybridized carbons (Fsp3) is 0.562. The molecule has 0 fully saturated rings. The van der Waals surface area contributed by atoms with Crippen LogP contribution in [0.5, 0.6) is 0 Å². The minimum atomic E-state index is -0.376. The van der Waals surface area contributed by atoms with Gasteiger partial charge in [-0.05, 0) is 45.9 Å². The summed E-state index contributed by atoms with van der Waals surface area (Å²) in [6.45, 7) is 10.5. The number of nitrogens with two attached hydrogens (primary N) is 1. The minimum Gasteiger partial charge on any atom is -0.465 e. The zero-order chi connectivity index (χ0) is 16.0. The fourth-order valence-corrected chi connectivity index (χ4v) is 2.40. The molecule has 0 amide bonds. The molecular weight excluding hydrogens is 266 g/mol. The number of carbonyl (C=O) groups is 1. The number of nitrogen functional groups attached to an aromatic ring is 1. The summed E-state index contributed by atoms with van der Waals surface area (Å²) >= 11 is 0. The number of hydrogen-bond donors (Lipinski definition) is 2. The third kappa shape index (κ3) is 4.93. The molecule has 1 aromatic rings. The van der Waals surface area contributed by atoms with Crippen molar-refractivity contribution in [1.82, 2.24) is 4.90 Å². The highest BCUT2D eigenvalue weighted by Gasteiger charge is 2.13. The van der Waals surface area contributed by atoms with Crippen LogP contribution in [-0.2, 0) is 4.74 Å². The summed E-state index contributed by atoms with van der Waals surface area (Å²) in [5, 5.41) is 3.32. The Morgan fingerprint density at radius 1 is 1.29 bits per heavy atom. The Labute approximate surface area is 127 Å². The normalized spacial score (nSPS) is 11.2. The van der Waals surface area contributed by atoms with Crippen LogP contribution in [0.25, 0.3) is 0 Å². The van der Waals surface area contributed by atoms with Crippen molar-refractivity contribution in [3.8, 4) is 0 Å². The molecule has 0 saturated carbocycles. The van der Waals surface area contributed by atoms with Gasteiger partial charge in [0.05, 0.1) is 24.0 Å². The molecule has 1 aromatic carbocycles. The van der Waals surface area contributed by atoms with Gasteiger partial charge in [-0.3, -0.25) is 4.90 Å². The zero-order valence-electron chi connectivity index (χ0n) is 13.6. The van der Waals surface area contributed by atoms with Gasteiger partial charge in [-0.2, -0.15) is 0 Å². The molecule has 0 aliphatic rings. The lowest BCUT2D eigenvalue weighted by atomic mass is 10.1. The SMILES string of the molecule is COC(=O)c1ccc(NCCN(C(C)C)C(C)C)c(N)c1. The first-order chi connectivity index (χ1) is 9.86. The summed E-state index contributed by atoms with van der Waals surface area (Å²) < 4.78 is 4.67. The van der Waals surface area contributed by atoms with Crippen molar-refractivity contribution < 1.29 is 9.53 Å². The molecular formula is C16H27N3O2. The quantitative estimate of drug-likeness (QED) is 0.597. The summed E-state index contributed by atoms with van der Waals surface area (Å²) in [5.74, 6) is -0.376. The second kappa shape index (κ2) is 7.88. The van der Waals surface area contributed by atoms with Crippen molar-refractivity contribution >= 4 is 17.3 Å². The molecule has 0 radical (unpaired) electrons. The fourth-order valence-electron chi connectivity index (χ4n) is 2.40. The molecule has 0 unspecified atom stereocenters. The van der Waals surface area contributed by atoms with Gasteiger partial charge in [0.15, 0.2) is 0 Å². The van der Waals surface area contributed by atoms with Crippen LogP contribution in [0.1, 0.15) is 38.1 Å². The maximum absolute atomic E-state index is 11.4. The van der Waals surface area contributed by atoms with Crippen LogP contribution in [-0.4, -0.2) is 43.2 Å². The van der Waals surface area contributed by atoms with Crippen LogP contribution in [0.15, 0.2) is 18.2 Å². The van der Waals surface area contributed by atoms with Gasteiger partial charge in [-0.1, -0.05) is 0 Å². The summed E-state index contributed by atoms with van der Waals surface area (Å²) in [7, 11) is 1.36. The molecule has 0 heterocycles. The van der Waals surface area contributed by atoms with Crippen molar-refractivity contribution in [3.63, 3.8) is 0 Å². The Morgan fingerprint density at radius 3 is 2.38 bits per heavy atom. The molecule has 0 spiro atoms. The molecule has 5 heteroatoms. The highest BCUT2D eigenvalue weighted by molar-refractivity contribution is 5.91. The summed E-state index contributed by atoms with van der Waals surface area (Å²) in [6.07, 6.45) is 0. The van der Waals surface area contributed by atoms with E-state index in [-0.39, 0.29) is 5.97 Å². The van der Waals surface area contributed by atoms with Crippen molar-refractivity contribution in [2.24, 2.45) is 0 Å². The molecule has 0 aliphatic heterocycles. The van der Waals surface area contributed by atoms with Gasteiger partial charge >= 0.3 is 5.97 Å². The monoisotopic (exact) mass is 293 g/mol. The molecule has 0 aliphatic carbocycles. The Hall–Kier alpha value is -1.75. The molecule has 1 rings (SSSR count). The number of nitrogens with zero attached hydrogens (tertiary/aromatic N) is 1. The van der Waals surface area contributed by atoms with Crippen LogP contribution < -0.4 is 11.1 Å². The van der Waals surface area contributed by atoms with Crippen molar-refractivity contribution in [1.29, 1.82) is 0 Å².